The second-order valence-corrected chi connectivity index (χ2v) is 8.67. The van der Waals surface area contributed by atoms with Crippen molar-refractivity contribution in [3.8, 4) is 17.2 Å². The minimum atomic E-state index is -0.321. The largest absolute Gasteiger partial charge is 0.493 e. The van der Waals surface area contributed by atoms with Crippen LogP contribution in [-0.2, 0) is 11.4 Å². The van der Waals surface area contributed by atoms with Crippen LogP contribution in [0.25, 0.3) is 6.08 Å². The molecule has 3 aromatic rings. The van der Waals surface area contributed by atoms with Gasteiger partial charge >= 0.3 is 0 Å². The molecule has 1 fully saturated rings. The maximum absolute atomic E-state index is 12.7. The molecule has 0 aromatic heterocycles. The quantitative estimate of drug-likeness (QED) is 0.370. The van der Waals surface area contributed by atoms with Gasteiger partial charge in [0.05, 0.1) is 18.6 Å². The normalized spacial score (nSPS) is 14.5. The summed E-state index contributed by atoms with van der Waals surface area (Å²) in [4.78, 5) is 26.7. The van der Waals surface area contributed by atoms with E-state index in [-0.39, 0.29) is 24.3 Å². The fourth-order valence-corrected chi connectivity index (χ4v) is 4.21. The van der Waals surface area contributed by atoms with Gasteiger partial charge in [-0.15, -0.1) is 0 Å². The summed E-state index contributed by atoms with van der Waals surface area (Å²) in [6.07, 6.45) is 1.72. The molecular formula is C27H25NO5S. The summed E-state index contributed by atoms with van der Waals surface area (Å²) >= 11 is 0.930. The molecule has 1 saturated heterocycles. The Morgan fingerprint density at radius 3 is 2.29 bits per heavy atom. The van der Waals surface area contributed by atoms with Gasteiger partial charge in [0.2, 0.25) is 0 Å². The number of thioether (sulfide) groups is 1. The maximum Gasteiger partial charge on any atom is 0.293 e. The Morgan fingerprint density at radius 2 is 1.59 bits per heavy atom. The van der Waals surface area contributed by atoms with Gasteiger partial charge in [0.15, 0.2) is 11.5 Å². The Kier molecular flexibility index (Phi) is 7.54. The average Bonchev–Trinajstić information content (AvgIpc) is 3.12. The van der Waals surface area contributed by atoms with Crippen molar-refractivity contribution in [3.05, 3.63) is 94.4 Å². The Morgan fingerprint density at radius 1 is 0.882 bits per heavy atom. The molecule has 0 spiro atoms. The Balaban J connectivity index is 1.32. The number of hydrogen-bond donors (Lipinski definition) is 0. The number of carbonyl (C=O) groups is 2. The Labute approximate surface area is 203 Å². The number of amides is 2. The first-order valence-corrected chi connectivity index (χ1v) is 11.6. The van der Waals surface area contributed by atoms with E-state index in [1.807, 2.05) is 55.5 Å². The lowest BCUT2D eigenvalue weighted by Gasteiger charge is -2.14. The van der Waals surface area contributed by atoms with Crippen LogP contribution >= 0.6 is 11.8 Å². The zero-order valence-corrected chi connectivity index (χ0v) is 19.8. The number of benzene rings is 3. The molecule has 1 aliphatic rings. The van der Waals surface area contributed by atoms with Crippen molar-refractivity contribution in [1.29, 1.82) is 0 Å². The highest BCUT2D eigenvalue weighted by Gasteiger charge is 2.34. The number of nitrogens with zero attached hydrogens (tertiary/aromatic N) is 1. The molecule has 4 rings (SSSR count). The SMILES string of the molecule is COc1ccccc1OCCN1C(=O)S/C(=C\c2ccc(OCc3ccc(C)cc3)cc2)C1=O. The van der Waals surface area contributed by atoms with Crippen molar-refractivity contribution < 1.29 is 23.8 Å². The smallest absolute Gasteiger partial charge is 0.293 e. The van der Waals surface area contributed by atoms with Crippen LogP contribution in [-0.4, -0.2) is 36.3 Å². The number of aryl methyl sites for hydroxylation is 1. The highest BCUT2D eigenvalue weighted by molar-refractivity contribution is 8.18. The zero-order valence-electron chi connectivity index (χ0n) is 19.0. The number of methoxy groups -OCH3 is 1. The van der Waals surface area contributed by atoms with Gasteiger partial charge in [-0.2, -0.15) is 0 Å². The van der Waals surface area contributed by atoms with Crippen LogP contribution in [0.5, 0.6) is 17.2 Å². The molecule has 0 bridgehead atoms. The van der Waals surface area contributed by atoms with Crippen molar-refractivity contribution in [2.75, 3.05) is 20.3 Å². The molecule has 0 aliphatic carbocycles. The van der Waals surface area contributed by atoms with Crippen LogP contribution in [0.3, 0.4) is 0 Å². The fraction of sp³-hybridized carbons (Fsp3) is 0.185. The molecule has 34 heavy (non-hydrogen) atoms. The number of para-hydroxylation sites is 2. The number of imide groups is 1. The van der Waals surface area contributed by atoms with Crippen molar-refractivity contribution >= 4 is 29.0 Å². The fourth-order valence-electron chi connectivity index (χ4n) is 3.34. The molecule has 3 aromatic carbocycles. The van der Waals surface area contributed by atoms with Crippen LogP contribution in [0.4, 0.5) is 4.79 Å². The third kappa shape index (κ3) is 5.80. The molecule has 0 N–H and O–H groups in total. The summed E-state index contributed by atoms with van der Waals surface area (Å²) < 4.78 is 16.8. The van der Waals surface area contributed by atoms with Crippen molar-refractivity contribution in [2.24, 2.45) is 0 Å². The minimum Gasteiger partial charge on any atom is -0.493 e. The van der Waals surface area contributed by atoms with E-state index in [0.29, 0.717) is 23.0 Å². The summed E-state index contributed by atoms with van der Waals surface area (Å²) in [6.45, 7) is 2.87. The van der Waals surface area contributed by atoms with E-state index in [2.05, 4.69) is 12.1 Å². The van der Waals surface area contributed by atoms with Gasteiger partial charge in [-0.1, -0.05) is 54.1 Å². The van der Waals surface area contributed by atoms with Gasteiger partial charge in [0.1, 0.15) is 19.0 Å². The lowest BCUT2D eigenvalue weighted by atomic mass is 10.1. The van der Waals surface area contributed by atoms with Gasteiger partial charge in [0.25, 0.3) is 11.1 Å². The highest BCUT2D eigenvalue weighted by atomic mass is 32.2. The van der Waals surface area contributed by atoms with E-state index in [0.717, 1.165) is 28.6 Å². The Hall–Kier alpha value is -3.71. The molecule has 0 saturated carbocycles. The second kappa shape index (κ2) is 10.9. The number of ether oxygens (including phenoxy) is 3. The molecule has 0 unspecified atom stereocenters. The van der Waals surface area contributed by atoms with Gasteiger partial charge in [-0.05, 0) is 60.2 Å². The first-order valence-electron chi connectivity index (χ1n) is 10.8. The summed E-state index contributed by atoms with van der Waals surface area (Å²) in [7, 11) is 1.56. The minimum absolute atomic E-state index is 0.159. The molecule has 1 aliphatic heterocycles. The lowest BCUT2D eigenvalue weighted by Crippen LogP contribution is -2.32. The first kappa shape index (κ1) is 23.4. The summed E-state index contributed by atoms with van der Waals surface area (Å²) in [5.41, 5.74) is 3.12. The van der Waals surface area contributed by atoms with Gasteiger partial charge < -0.3 is 14.2 Å². The molecule has 7 heteroatoms. The van der Waals surface area contributed by atoms with Gasteiger partial charge in [0, 0.05) is 0 Å². The van der Waals surface area contributed by atoms with E-state index < -0.39 is 0 Å². The molecule has 174 valence electrons. The zero-order chi connectivity index (χ0) is 23.9. The van der Waals surface area contributed by atoms with E-state index in [4.69, 9.17) is 14.2 Å². The molecule has 2 amide bonds. The third-order valence-corrected chi connectivity index (χ3v) is 6.13. The van der Waals surface area contributed by atoms with E-state index >= 15 is 0 Å². The standard InChI is InChI=1S/C27H25NO5S/c1-19-7-9-21(10-8-19)18-33-22-13-11-20(12-14-22)17-25-26(29)28(27(30)34-25)15-16-32-24-6-4-3-5-23(24)31-2/h3-14,17H,15-16,18H2,1-2H3/b25-17-. The van der Waals surface area contributed by atoms with Crippen LogP contribution in [0.15, 0.2) is 77.7 Å². The van der Waals surface area contributed by atoms with E-state index in [1.165, 1.54) is 10.5 Å². The molecular weight excluding hydrogens is 450 g/mol. The number of hydrogen-bond acceptors (Lipinski definition) is 6. The van der Waals surface area contributed by atoms with E-state index in [1.54, 1.807) is 25.3 Å². The number of carbonyl (C=O) groups excluding carboxylic acids is 2. The second-order valence-electron chi connectivity index (χ2n) is 7.68. The monoisotopic (exact) mass is 475 g/mol. The molecule has 6 nitrogen and oxygen atoms in total. The van der Waals surface area contributed by atoms with Crippen LogP contribution in [0, 0.1) is 6.92 Å². The summed E-state index contributed by atoms with van der Waals surface area (Å²) in [6, 6.07) is 22.9. The maximum atomic E-state index is 12.7. The molecule has 0 atom stereocenters. The lowest BCUT2D eigenvalue weighted by molar-refractivity contribution is -0.123. The topological polar surface area (TPSA) is 65.1 Å². The summed E-state index contributed by atoms with van der Waals surface area (Å²) in [5, 5.41) is -0.307. The van der Waals surface area contributed by atoms with Gasteiger partial charge in [-0.3, -0.25) is 14.5 Å². The molecule has 0 radical (unpaired) electrons. The predicted molar refractivity (Wildman–Crippen MR) is 133 cm³/mol. The summed E-state index contributed by atoms with van der Waals surface area (Å²) in [5.74, 6) is 1.58. The highest BCUT2D eigenvalue weighted by Crippen LogP contribution is 2.32. The van der Waals surface area contributed by atoms with Gasteiger partial charge in [-0.25, -0.2) is 0 Å². The van der Waals surface area contributed by atoms with Crippen LogP contribution in [0.2, 0.25) is 0 Å². The average molecular weight is 476 g/mol. The first-order chi connectivity index (χ1) is 16.5. The van der Waals surface area contributed by atoms with Crippen LogP contribution < -0.4 is 14.2 Å². The third-order valence-electron chi connectivity index (χ3n) is 5.22. The number of rotatable bonds is 9. The molecule has 1 heterocycles. The van der Waals surface area contributed by atoms with Crippen molar-refractivity contribution in [1.82, 2.24) is 4.90 Å². The van der Waals surface area contributed by atoms with Crippen molar-refractivity contribution in [3.63, 3.8) is 0 Å². The predicted octanol–water partition coefficient (Wildman–Crippen LogP) is 5.70. The van der Waals surface area contributed by atoms with Crippen molar-refractivity contribution in [2.45, 2.75) is 13.5 Å². The van der Waals surface area contributed by atoms with E-state index in [9.17, 15) is 9.59 Å². The Bertz CT molecular complexity index is 1190. The van der Waals surface area contributed by atoms with Crippen LogP contribution in [0.1, 0.15) is 16.7 Å².